The molecular formula is C42H52FN7O3. The van der Waals surface area contributed by atoms with Crippen LogP contribution in [0.2, 0.25) is 0 Å². The largest absolute Gasteiger partial charge is 0.497 e. The van der Waals surface area contributed by atoms with Gasteiger partial charge in [0.15, 0.2) is 0 Å². The first-order valence-electron chi connectivity index (χ1n) is 19.4. The molecule has 1 atom stereocenters. The van der Waals surface area contributed by atoms with Gasteiger partial charge in [-0.2, -0.15) is 0 Å². The lowest BCUT2D eigenvalue weighted by Gasteiger charge is -2.39. The average Bonchev–Trinajstić information content (AvgIpc) is 3.75. The number of anilines is 1. The van der Waals surface area contributed by atoms with Gasteiger partial charge >= 0.3 is 0 Å². The molecule has 280 valence electrons. The van der Waals surface area contributed by atoms with E-state index in [1.807, 2.05) is 12.1 Å². The van der Waals surface area contributed by atoms with Crippen LogP contribution in [0.1, 0.15) is 48.8 Å². The molecule has 1 aromatic heterocycles. The molecule has 5 heterocycles. The second-order valence-electron chi connectivity index (χ2n) is 15.4. The van der Waals surface area contributed by atoms with Crippen LogP contribution in [0.4, 0.5) is 10.1 Å². The summed E-state index contributed by atoms with van der Waals surface area (Å²) in [6.07, 6.45) is 6.36. The number of hydrogen-bond acceptors (Lipinski definition) is 8. The van der Waals surface area contributed by atoms with Crippen LogP contribution < -0.4 is 20.7 Å². The van der Waals surface area contributed by atoms with Gasteiger partial charge in [0, 0.05) is 105 Å². The molecule has 0 bridgehead atoms. The van der Waals surface area contributed by atoms with Crippen LogP contribution in [0.15, 0.2) is 60.8 Å². The number of halogens is 1. The summed E-state index contributed by atoms with van der Waals surface area (Å²) in [5.74, 6) is 0.630. The lowest BCUT2D eigenvalue weighted by atomic mass is 9.95. The summed E-state index contributed by atoms with van der Waals surface area (Å²) in [5, 5.41) is 3.59. The quantitative estimate of drug-likeness (QED) is 0.210. The van der Waals surface area contributed by atoms with Gasteiger partial charge < -0.3 is 19.9 Å². The van der Waals surface area contributed by atoms with Crippen LogP contribution in [-0.2, 0) is 35.8 Å². The van der Waals surface area contributed by atoms with E-state index in [0.29, 0.717) is 36.6 Å². The lowest BCUT2D eigenvalue weighted by molar-refractivity contribution is -0.137. The van der Waals surface area contributed by atoms with Gasteiger partial charge in [-0.25, -0.2) is 4.39 Å². The molecule has 3 saturated heterocycles. The number of methoxy groups -OCH3 is 1. The number of carbonyl (C=O) groups is 2. The van der Waals surface area contributed by atoms with Crippen LogP contribution in [-0.4, -0.2) is 96.6 Å². The monoisotopic (exact) mass is 721 g/mol. The van der Waals surface area contributed by atoms with Gasteiger partial charge in [-0.3, -0.25) is 29.6 Å². The minimum absolute atomic E-state index is 0.155. The van der Waals surface area contributed by atoms with Crippen molar-refractivity contribution in [3.63, 3.8) is 0 Å². The van der Waals surface area contributed by atoms with Crippen LogP contribution in [0.5, 0.6) is 5.75 Å². The summed E-state index contributed by atoms with van der Waals surface area (Å²) in [4.78, 5) is 34.0. The fourth-order valence-corrected chi connectivity index (χ4v) is 8.94. The number of piperidine rings is 2. The molecule has 10 nitrogen and oxygen atoms in total. The second-order valence-corrected chi connectivity index (χ2v) is 15.4. The molecule has 53 heavy (non-hydrogen) atoms. The van der Waals surface area contributed by atoms with Crippen molar-refractivity contribution in [3.05, 3.63) is 83.3 Å². The van der Waals surface area contributed by atoms with Crippen LogP contribution >= 0.6 is 0 Å². The number of likely N-dealkylation sites (tertiary alicyclic amines) is 1. The molecule has 11 heteroatoms. The topological polar surface area (TPSA) is 99.3 Å². The molecule has 8 rings (SSSR count). The van der Waals surface area contributed by atoms with E-state index in [1.165, 1.54) is 41.3 Å². The number of imide groups is 1. The Morgan fingerprint density at radius 1 is 0.868 bits per heavy atom. The summed E-state index contributed by atoms with van der Waals surface area (Å²) in [6.45, 7) is 11.4. The maximum atomic E-state index is 15.3. The molecule has 4 aliphatic rings. The highest BCUT2D eigenvalue weighted by molar-refractivity contribution is 6.00. The van der Waals surface area contributed by atoms with Crippen LogP contribution in [0.25, 0.3) is 22.0 Å². The predicted octanol–water partition coefficient (Wildman–Crippen LogP) is 4.96. The Balaban J connectivity index is 0.833. The van der Waals surface area contributed by atoms with Crippen molar-refractivity contribution in [2.24, 2.45) is 11.7 Å². The van der Waals surface area contributed by atoms with Gasteiger partial charge in [-0.15, -0.1) is 0 Å². The third-order valence-corrected chi connectivity index (χ3v) is 12.0. The second kappa shape index (κ2) is 15.6. The summed E-state index contributed by atoms with van der Waals surface area (Å²) >= 11 is 0. The van der Waals surface area contributed by atoms with Crippen molar-refractivity contribution in [2.75, 3.05) is 64.4 Å². The normalized spacial score (nSPS) is 20.7. The molecule has 0 spiro atoms. The number of fused-ring (bicyclic) bond motifs is 2. The molecular weight excluding hydrogens is 670 g/mol. The number of benzene rings is 3. The first kappa shape index (κ1) is 35.7. The number of carbonyl (C=O) groups excluding carboxylic acids is 2. The molecule has 4 aromatic rings. The number of rotatable bonds is 11. The highest BCUT2D eigenvalue weighted by atomic mass is 19.1. The van der Waals surface area contributed by atoms with E-state index >= 15 is 4.39 Å². The highest BCUT2D eigenvalue weighted by Crippen LogP contribution is 2.36. The number of piperazine rings is 1. The molecule has 2 amide bonds. The number of hydrogen-bond donors (Lipinski definition) is 2. The van der Waals surface area contributed by atoms with Crippen molar-refractivity contribution in [2.45, 2.75) is 64.3 Å². The highest BCUT2D eigenvalue weighted by Gasteiger charge is 2.35. The minimum atomic E-state index is -0.278. The molecule has 4 aliphatic heterocycles. The van der Waals surface area contributed by atoms with Gasteiger partial charge in [0.25, 0.3) is 0 Å². The molecule has 3 N–H and O–H groups in total. The first-order valence-corrected chi connectivity index (χ1v) is 19.4. The molecule has 3 fully saturated rings. The van der Waals surface area contributed by atoms with Crippen LogP contribution in [0, 0.1) is 11.7 Å². The number of amides is 2. The zero-order chi connectivity index (χ0) is 36.5. The Hall–Kier alpha value is -4.29. The number of aryl methyl sites for hydroxylation is 1. The minimum Gasteiger partial charge on any atom is -0.497 e. The number of nitrogens with one attached hydrogen (secondary N) is 1. The van der Waals surface area contributed by atoms with Gasteiger partial charge in [-0.1, -0.05) is 12.1 Å². The van der Waals surface area contributed by atoms with Gasteiger partial charge in [-0.05, 0) is 104 Å². The van der Waals surface area contributed by atoms with Gasteiger partial charge in [0.1, 0.15) is 11.6 Å². The number of nitrogens with zero attached hydrogens (tertiary/aromatic N) is 5. The van der Waals surface area contributed by atoms with E-state index in [-0.39, 0.29) is 23.7 Å². The summed E-state index contributed by atoms with van der Waals surface area (Å²) < 4.78 is 22.7. The smallest absolute Gasteiger partial charge is 0.243 e. The molecule has 0 saturated carbocycles. The van der Waals surface area contributed by atoms with Crippen molar-refractivity contribution in [1.82, 2.24) is 24.6 Å². The van der Waals surface area contributed by atoms with Crippen molar-refractivity contribution in [1.29, 1.82) is 0 Å². The van der Waals surface area contributed by atoms with E-state index in [1.54, 1.807) is 7.11 Å². The number of nitrogens with two attached hydrogens (primary N) is 1. The van der Waals surface area contributed by atoms with E-state index < -0.39 is 0 Å². The Bertz CT molecular complexity index is 1960. The molecule has 1 unspecified atom stereocenters. The predicted molar refractivity (Wildman–Crippen MR) is 206 cm³/mol. The Kier molecular flexibility index (Phi) is 10.5. The average molecular weight is 722 g/mol. The Morgan fingerprint density at radius 3 is 2.43 bits per heavy atom. The maximum Gasteiger partial charge on any atom is 0.243 e. The summed E-state index contributed by atoms with van der Waals surface area (Å²) in [5.41, 5.74) is 13.6. The zero-order valence-corrected chi connectivity index (χ0v) is 30.9. The number of aromatic nitrogens is 1. The third-order valence-electron chi connectivity index (χ3n) is 12.0. The summed E-state index contributed by atoms with van der Waals surface area (Å²) in [6, 6.07) is 18.4. The fourth-order valence-electron chi connectivity index (χ4n) is 8.94. The Morgan fingerprint density at radius 2 is 1.68 bits per heavy atom. The van der Waals surface area contributed by atoms with E-state index in [9.17, 15) is 9.59 Å². The van der Waals surface area contributed by atoms with Gasteiger partial charge in [0.2, 0.25) is 11.8 Å². The first-order chi connectivity index (χ1) is 25.8. The SMILES string of the molecule is COc1ccc(-c2cn(CCCN)c3ccc(CN4CCC(CN5CCN(c6ccc7c(c6)CN(C6CCC(=O)NC6=O)C7)CC5)CC4)cc23)c(F)c1. The van der Waals surface area contributed by atoms with Crippen molar-refractivity contribution >= 4 is 28.4 Å². The summed E-state index contributed by atoms with van der Waals surface area (Å²) in [7, 11) is 1.56. The van der Waals surface area contributed by atoms with E-state index in [2.05, 4.69) is 72.1 Å². The molecule has 0 aliphatic carbocycles. The zero-order valence-electron chi connectivity index (χ0n) is 30.9. The van der Waals surface area contributed by atoms with Gasteiger partial charge in [0.05, 0.1) is 13.2 Å². The molecule has 0 radical (unpaired) electrons. The standard InChI is InChI=1S/C42H52FN7O3/c1-53-34-6-7-35(38(43)23-34)37-28-49(14-2-13-44)39-8-3-30(21-36(37)39)25-46-15-11-29(12-16-46)24-47-17-19-48(20-18-47)33-5-4-31-26-50(27-32(31)22-33)40-9-10-41(51)45-42(40)52/h3-8,21-23,28-29,40H,2,9-20,24-27,44H2,1H3,(H,45,51,52). The van der Waals surface area contributed by atoms with Crippen molar-refractivity contribution < 1.29 is 18.7 Å². The lowest BCUT2D eigenvalue weighted by Crippen LogP contribution is -2.50. The van der Waals surface area contributed by atoms with E-state index in [4.69, 9.17) is 10.5 Å². The maximum absolute atomic E-state index is 15.3. The van der Waals surface area contributed by atoms with E-state index in [0.717, 1.165) is 94.9 Å². The van der Waals surface area contributed by atoms with Crippen LogP contribution in [0.3, 0.4) is 0 Å². The number of ether oxygens (including phenoxy) is 1. The fraction of sp³-hybridized carbons (Fsp3) is 0.476. The molecule has 3 aromatic carbocycles. The van der Waals surface area contributed by atoms with Crippen molar-refractivity contribution in [3.8, 4) is 16.9 Å². The third kappa shape index (κ3) is 7.71. The Labute approximate surface area is 311 Å².